The minimum absolute atomic E-state index is 0.0210. The number of fused-ring (bicyclic) bond motifs is 4. The number of nitrogens with two attached hydrogens (primary N) is 2. The van der Waals surface area contributed by atoms with E-state index in [0.29, 0.717) is 69.9 Å². The Hall–Kier alpha value is -14.1. The van der Waals surface area contributed by atoms with Crippen molar-refractivity contribution in [3.05, 3.63) is 120 Å². The highest BCUT2D eigenvalue weighted by atomic mass is 32.2. The summed E-state index contributed by atoms with van der Waals surface area (Å²) < 4.78 is 5.33. The van der Waals surface area contributed by atoms with Crippen LogP contribution < -0.4 is 69.4 Å². The lowest BCUT2D eigenvalue weighted by atomic mass is 9.99. The van der Waals surface area contributed by atoms with Crippen molar-refractivity contribution in [1.82, 2.24) is 97.6 Å². The Morgan fingerprint density at radius 1 is 0.526 bits per heavy atom. The van der Waals surface area contributed by atoms with Gasteiger partial charge in [-0.1, -0.05) is 88.1 Å². The number of aromatic nitrogens is 4. The van der Waals surface area contributed by atoms with Crippen molar-refractivity contribution in [3.63, 3.8) is 0 Å². The van der Waals surface area contributed by atoms with Gasteiger partial charge < -0.3 is 129 Å². The van der Waals surface area contributed by atoms with E-state index >= 15 is 38.4 Å². The van der Waals surface area contributed by atoms with Crippen molar-refractivity contribution < 1.29 is 116 Å². The number of H-pyrrole nitrogens is 3. The van der Waals surface area contributed by atoms with Crippen molar-refractivity contribution in [2.45, 2.75) is 233 Å². The number of imidazole rings is 1. The molecule has 6 heterocycles. The first kappa shape index (κ1) is 107. The van der Waals surface area contributed by atoms with Gasteiger partial charge in [0.15, 0.2) is 0 Å². The predicted octanol–water partition coefficient (Wildman–Crippen LogP) is -2.25. The molecule has 742 valence electrons. The average Bonchev–Trinajstić information content (AvgIpc) is 1.77. The molecule has 21 N–H and O–H groups in total. The van der Waals surface area contributed by atoms with Gasteiger partial charge in [-0.15, -0.1) is 11.8 Å². The monoisotopic (exact) mass is 1930 g/mol. The summed E-state index contributed by atoms with van der Waals surface area (Å²) >= 11 is 0.764. The summed E-state index contributed by atoms with van der Waals surface area (Å²) in [5.74, 6) is -21.7. The van der Waals surface area contributed by atoms with Crippen molar-refractivity contribution >= 4 is 146 Å². The van der Waals surface area contributed by atoms with Crippen LogP contribution in [0.15, 0.2) is 97.7 Å². The maximum absolute atomic E-state index is 15.8. The first-order chi connectivity index (χ1) is 65.3. The zero-order valence-corrected chi connectivity index (χ0v) is 78.1. The summed E-state index contributed by atoms with van der Waals surface area (Å²) in [5.41, 5.74) is 14.1. The zero-order valence-electron chi connectivity index (χ0n) is 77.3. The molecule has 0 unspecified atom stereocenters. The summed E-state index contributed by atoms with van der Waals surface area (Å²) in [6.45, 7) is 3.27. The van der Waals surface area contributed by atoms with Gasteiger partial charge in [-0.3, -0.25) is 91.1 Å². The minimum atomic E-state index is -2.10. The average molecular weight is 1930 g/mol. The number of methoxy groups -OCH3 is 1. The third-order valence-corrected chi connectivity index (χ3v) is 25.4. The Balaban J connectivity index is 1.11. The van der Waals surface area contributed by atoms with Crippen molar-refractivity contribution in [1.29, 1.82) is 0 Å². The SMILES string of the molecule is CCCC[C@H]1C(=O)N(C)[C@@H](CCCC)C(=O)N[C@@H](CCCN)C(=O)N[C@H](C(=O)NCC(N)=O)CSCC(=O)N[C@@H](Cc2ccc(OC)cc2)C(=O)N(C)[C@@H](C)C(=O)N[C@H](CC(=O)O)C(=O)N2CCC[C@H]2C(=O)N[C@@H](Cc2cnc[nH]2)C(=O)N[C@@H](CCC(=O)O)C(=O)N2C[C@H](O)C[C@H]2C(=O)N[C@@H](Cc2c[nH]c3ccccc23)C(=O)N[C@@H](CC(=O)O)C(=O)N[C@@H](Cc2c[nH]c3ccccc23)C(=O)N1C. The molecule has 0 spiro atoms. The van der Waals surface area contributed by atoms with Crippen molar-refractivity contribution in [2.24, 2.45) is 11.5 Å². The number of nitrogens with zero attached hydrogens (tertiary/aromatic N) is 6. The molecule has 3 saturated heterocycles. The van der Waals surface area contributed by atoms with Crippen LogP contribution in [0.1, 0.15) is 139 Å². The van der Waals surface area contributed by atoms with Gasteiger partial charge in [-0.2, -0.15) is 0 Å². The van der Waals surface area contributed by atoms with Gasteiger partial charge >= 0.3 is 17.9 Å². The maximum atomic E-state index is 15.8. The zero-order chi connectivity index (χ0) is 100. The number of benzene rings is 3. The molecule has 9 rings (SSSR count). The molecule has 137 heavy (non-hydrogen) atoms. The van der Waals surface area contributed by atoms with Crippen molar-refractivity contribution in [3.8, 4) is 5.75 Å². The number of aliphatic carboxylic acids is 3. The Labute approximate surface area is 792 Å². The number of ether oxygens (including phenoxy) is 1. The van der Waals surface area contributed by atoms with Crippen LogP contribution in [0.2, 0.25) is 0 Å². The molecule has 15 atom stereocenters. The van der Waals surface area contributed by atoms with Crippen molar-refractivity contribution in [2.75, 3.05) is 65.9 Å². The number of likely N-dealkylation sites (N-methyl/N-ethyl adjacent to an activating group) is 3. The second-order valence-electron chi connectivity index (χ2n) is 34.3. The van der Waals surface area contributed by atoms with Gasteiger partial charge in [0.05, 0.1) is 44.7 Å². The van der Waals surface area contributed by atoms with Crippen LogP contribution in [-0.4, -0.2) is 334 Å². The molecule has 3 fully saturated rings. The van der Waals surface area contributed by atoms with Crippen LogP contribution in [-0.2, 0) is 117 Å². The molecule has 0 saturated carbocycles. The standard InChI is InChI=1S/C91H123N21O24S/c1-8-10-23-69-84(128)100-60(22-16-32-92)80(124)107-68(79(123)97-44-73(93)114)46-137-47-74(115)99-65(34-50-26-28-55(136-7)29-27-50)87(131)108(4)49(3)78(122)105-67(40-77(120)121)90(134)111-33-17-25-70(111)85(129)104-63(37-53-43-94-48-98-53)82(126)101-61(30-31-75(116)117)89(133)112-45-54(113)38-72(112)86(130)103-62(35-51-41-95-58-20-14-12-18-56(51)58)81(125)102-64(39-76(118)119)83(127)106-66(36-52-42-96-59-21-15-13-19-57(52)59)88(132)110(6)71(24-11-9-2)91(135)109(69)5/h12-15,18-21,26-29,41-43,48-49,54,60-72,95-96,113H,8-11,16-17,22-25,30-40,44-47,92H2,1-7H3,(H2,93,114)(H,94,98)(H,97,123)(H,99,115)(H,100,128)(H,101,126)(H,102,125)(H,103,130)(H,104,129)(H,105,122)(H,106,127)(H,107,124)(H,116,117)(H,118,119)(H,120,121)/t49-,54+,60-,61-,62-,63-,64-,65-,66-,67+,68-,69-,70-,71-,72-/m0/s1. The van der Waals surface area contributed by atoms with Gasteiger partial charge in [0.2, 0.25) is 94.5 Å². The van der Waals surface area contributed by atoms with Crippen LogP contribution >= 0.6 is 11.8 Å². The summed E-state index contributed by atoms with van der Waals surface area (Å²) in [5, 5.41) is 69.2. The maximum Gasteiger partial charge on any atom is 0.305 e. The van der Waals surface area contributed by atoms with E-state index in [1.165, 1.54) is 53.9 Å². The number of aliphatic hydroxyl groups is 1. The van der Waals surface area contributed by atoms with Gasteiger partial charge in [-0.25, -0.2) is 4.98 Å². The number of carbonyl (C=O) groups excluding carboxylic acids is 16. The number of aliphatic hydroxyl groups excluding tert-OH is 1. The molecule has 0 radical (unpaired) electrons. The molecule has 3 aromatic heterocycles. The number of aromatic amines is 3. The molecule has 3 aliphatic rings. The molecule has 45 nitrogen and oxygen atoms in total. The molecular formula is C91H123N21O24S. The van der Waals surface area contributed by atoms with E-state index in [9.17, 15) is 73.2 Å². The van der Waals surface area contributed by atoms with Gasteiger partial charge in [-0.05, 0) is 99.4 Å². The molecule has 46 heteroatoms. The molecule has 3 aromatic carbocycles. The van der Waals surface area contributed by atoms with Crippen LogP contribution in [0.3, 0.4) is 0 Å². The van der Waals surface area contributed by atoms with Gasteiger partial charge in [0.1, 0.15) is 90.3 Å². The molecule has 0 aliphatic carbocycles. The molecule has 16 amide bonds. The third-order valence-electron chi connectivity index (χ3n) is 24.4. The second kappa shape index (κ2) is 51.0. The number of thioether (sulfide) groups is 1. The number of carboxylic acids is 3. The molecule has 0 bridgehead atoms. The lowest BCUT2D eigenvalue weighted by Gasteiger charge is -2.36. The summed E-state index contributed by atoms with van der Waals surface area (Å²) in [7, 11) is 5.23. The lowest BCUT2D eigenvalue weighted by molar-refractivity contribution is -0.149. The predicted molar refractivity (Wildman–Crippen MR) is 495 cm³/mol. The van der Waals surface area contributed by atoms with E-state index in [1.54, 1.807) is 79.0 Å². The smallest absolute Gasteiger partial charge is 0.305 e. The van der Waals surface area contributed by atoms with E-state index in [4.69, 9.17) is 16.2 Å². The number of carboxylic acid groups (broad SMARTS) is 3. The normalized spacial score (nSPS) is 24.5. The van der Waals surface area contributed by atoms with Crippen LogP contribution in [0.4, 0.5) is 0 Å². The number of amides is 16. The highest BCUT2D eigenvalue weighted by molar-refractivity contribution is 8.00. The fourth-order valence-electron chi connectivity index (χ4n) is 16.7. The number of unbranched alkanes of at least 4 members (excludes halogenated alkanes) is 2. The summed E-state index contributed by atoms with van der Waals surface area (Å²) in [4.78, 5) is 294. The Morgan fingerprint density at radius 3 is 1.64 bits per heavy atom. The molecule has 6 aromatic rings. The number of nitrogens with one attached hydrogen (secondary N) is 13. The number of para-hydroxylation sites is 2. The molecule has 3 aliphatic heterocycles. The fourth-order valence-corrected chi connectivity index (χ4v) is 17.6. The van der Waals surface area contributed by atoms with E-state index in [0.717, 1.165) is 36.3 Å². The summed E-state index contributed by atoms with van der Waals surface area (Å²) in [6.07, 6.45) is -0.312. The topological polar surface area (TPSA) is 663 Å². The Morgan fingerprint density at radius 2 is 1.05 bits per heavy atom. The minimum Gasteiger partial charge on any atom is -0.497 e. The van der Waals surface area contributed by atoms with Crippen LogP contribution in [0.5, 0.6) is 5.75 Å². The lowest BCUT2D eigenvalue weighted by Crippen LogP contribution is -2.61. The third kappa shape index (κ3) is 29.7. The number of primary amides is 1. The van der Waals surface area contributed by atoms with E-state index in [1.807, 2.05) is 13.8 Å². The highest BCUT2D eigenvalue weighted by Crippen LogP contribution is 2.28. The fraction of sp³-hybridized carbons (Fsp3) is 0.516. The number of rotatable bonds is 28. The van der Waals surface area contributed by atoms with Crippen LogP contribution in [0, 0.1) is 0 Å². The first-order valence-electron chi connectivity index (χ1n) is 45.3. The summed E-state index contributed by atoms with van der Waals surface area (Å²) in [6, 6.07) is -3.45. The number of hydrogen-bond acceptors (Lipinski definition) is 24. The van der Waals surface area contributed by atoms with Gasteiger partial charge in [0.25, 0.3) is 0 Å². The Kier molecular flexibility index (Phi) is 39.7. The first-order valence-corrected chi connectivity index (χ1v) is 46.5. The quantitative estimate of drug-likeness (QED) is 0.0247. The van der Waals surface area contributed by atoms with Gasteiger partial charge in [0, 0.05) is 125 Å². The second-order valence-corrected chi connectivity index (χ2v) is 35.3. The highest BCUT2D eigenvalue weighted by Gasteiger charge is 2.47. The van der Waals surface area contributed by atoms with E-state index in [2.05, 4.69) is 73.1 Å². The van der Waals surface area contributed by atoms with Crippen LogP contribution in [0.25, 0.3) is 21.8 Å². The molecular weight excluding hydrogens is 1800 g/mol. The number of carbonyl (C=O) groups is 19. The number of hydrogen-bond donors (Lipinski definition) is 19. The largest absolute Gasteiger partial charge is 0.497 e. The van der Waals surface area contributed by atoms with E-state index < -0.39 is 273 Å². The Bertz CT molecular complexity index is 5320. The van der Waals surface area contributed by atoms with E-state index in [-0.39, 0.29) is 70.2 Å².